The molecule has 0 bridgehead atoms. The van der Waals surface area contributed by atoms with Crippen LogP contribution >= 0.6 is 34.2 Å². The Morgan fingerprint density at radius 2 is 1.89 bits per heavy atom. The van der Waals surface area contributed by atoms with Crippen LogP contribution in [0.5, 0.6) is 0 Å². The lowest BCUT2D eigenvalue weighted by atomic mass is 10.2. The molecule has 0 radical (unpaired) electrons. The van der Waals surface area contributed by atoms with Crippen LogP contribution in [0.2, 0.25) is 5.02 Å². The first kappa shape index (κ1) is 11.9. The third-order valence-electron chi connectivity index (χ3n) is 2.77. The Kier molecular flexibility index (Phi) is 2.99. The number of fused-ring (bicyclic) bond motifs is 1. The van der Waals surface area contributed by atoms with Crippen molar-refractivity contribution in [3.63, 3.8) is 0 Å². The number of aromatic nitrogens is 3. The van der Waals surface area contributed by atoms with Gasteiger partial charge in [0.1, 0.15) is 5.69 Å². The fraction of sp³-hybridized carbons (Fsp3) is 0.0769. The Hall–Kier alpha value is -1.14. The first-order valence-corrected chi connectivity index (χ1v) is 6.88. The molecular formula is C13H9ClIN3. The topological polar surface area (TPSA) is 30.2 Å². The van der Waals surface area contributed by atoms with Crippen molar-refractivity contribution in [1.82, 2.24) is 14.6 Å². The number of nitrogens with zero attached hydrogens (tertiary/aromatic N) is 3. The Labute approximate surface area is 123 Å². The van der Waals surface area contributed by atoms with E-state index in [1.807, 2.05) is 41.8 Å². The van der Waals surface area contributed by atoms with Crippen LogP contribution in [-0.2, 0) is 0 Å². The van der Waals surface area contributed by atoms with Gasteiger partial charge in [-0.2, -0.15) is 5.10 Å². The summed E-state index contributed by atoms with van der Waals surface area (Å²) in [6.07, 6.45) is 1.81. The van der Waals surface area contributed by atoms with Crippen molar-refractivity contribution < 1.29 is 0 Å². The summed E-state index contributed by atoms with van der Waals surface area (Å²) in [5.74, 6) is 0. The monoisotopic (exact) mass is 369 g/mol. The molecule has 0 N–H and O–H groups in total. The zero-order valence-electron chi connectivity index (χ0n) is 9.56. The number of rotatable bonds is 1. The van der Waals surface area contributed by atoms with E-state index in [0.29, 0.717) is 0 Å². The molecule has 0 spiro atoms. The highest BCUT2D eigenvalue weighted by molar-refractivity contribution is 14.1. The quantitative estimate of drug-likeness (QED) is 0.608. The summed E-state index contributed by atoms with van der Waals surface area (Å²) in [6, 6.07) is 9.64. The molecule has 0 atom stereocenters. The molecule has 0 amide bonds. The normalized spacial score (nSPS) is 11.1. The van der Waals surface area contributed by atoms with E-state index in [1.54, 1.807) is 6.20 Å². The van der Waals surface area contributed by atoms with Crippen molar-refractivity contribution >= 4 is 39.8 Å². The second-order valence-electron chi connectivity index (χ2n) is 3.99. The van der Waals surface area contributed by atoms with Crippen molar-refractivity contribution in [1.29, 1.82) is 0 Å². The molecular weight excluding hydrogens is 361 g/mol. The SMILES string of the molecule is Cc1ccnc2c(I)c(-c3ccc(Cl)cc3)nn12. The van der Waals surface area contributed by atoms with Gasteiger partial charge in [-0.05, 0) is 47.7 Å². The summed E-state index contributed by atoms with van der Waals surface area (Å²) >= 11 is 8.19. The van der Waals surface area contributed by atoms with Crippen LogP contribution in [0.25, 0.3) is 16.9 Å². The molecule has 18 heavy (non-hydrogen) atoms. The van der Waals surface area contributed by atoms with E-state index in [9.17, 15) is 0 Å². The summed E-state index contributed by atoms with van der Waals surface area (Å²) in [5, 5.41) is 5.34. The molecule has 1 aromatic carbocycles. The van der Waals surface area contributed by atoms with E-state index < -0.39 is 0 Å². The van der Waals surface area contributed by atoms with Crippen molar-refractivity contribution in [3.8, 4) is 11.3 Å². The zero-order valence-corrected chi connectivity index (χ0v) is 12.5. The molecule has 0 saturated heterocycles. The number of hydrogen-bond donors (Lipinski definition) is 0. The summed E-state index contributed by atoms with van der Waals surface area (Å²) in [6.45, 7) is 2.02. The van der Waals surface area contributed by atoms with E-state index in [4.69, 9.17) is 11.6 Å². The Morgan fingerprint density at radius 1 is 1.17 bits per heavy atom. The van der Waals surface area contributed by atoms with Crippen LogP contribution in [0, 0.1) is 10.5 Å². The minimum absolute atomic E-state index is 0.729. The predicted molar refractivity (Wildman–Crippen MR) is 80.9 cm³/mol. The summed E-state index contributed by atoms with van der Waals surface area (Å²) in [4.78, 5) is 4.37. The van der Waals surface area contributed by atoms with Crippen molar-refractivity contribution in [3.05, 3.63) is 50.8 Å². The fourth-order valence-electron chi connectivity index (χ4n) is 1.83. The highest BCUT2D eigenvalue weighted by Gasteiger charge is 2.13. The molecule has 0 fully saturated rings. The molecule has 2 aromatic heterocycles. The molecule has 0 saturated carbocycles. The van der Waals surface area contributed by atoms with Crippen molar-refractivity contribution in [2.45, 2.75) is 6.92 Å². The Bertz CT molecular complexity index is 719. The molecule has 5 heteroatoms. The van der Waals surface area contributed by atoms with Gasteiger partial charge in [-0.15, -0.1) is 0 Å². The van der Waals surface area contributed by atoms with Crippen molar-refractivity contribution in [2.24, 2.45) is 0 Å². The molecule has 3 nitrogen and oxygen atoms in total. The minimum atomic E-state index is 0.729. The van der Waals surface area contributed by atoms with E-state index in [2.05, 4.69) is 32.7 Å². The van der Waals surface area contributed by atoms with Gasteiger partial charge in [0.25, 0.3) is 0 Å². The molecule has 2 heterocycles. The van der Waals surface area contributed by atoms with Gasteiger partial charge in [-0.25, -0.2) is 9.50 Å². The molecule has 0 unspecified atom stereocenters. The first-order chi connectivity index (χ1) is 8.66. The maximum atomic E-state index is 5.90. The molecule has 3 aromatic rings. The first-order valence-electron chi connectivity index (χ1n) is 5.42. The fourth-order valence-corrected chi connectivity index (χ4v) is 2.74. The van der Waals surface area contributed by atoms with Gasteiger partial charge in [-0.1, -0.05) is 23.7 Å². The summed E-state index contributed by atoms with van der Waals surface area (Å²) in [7, 11) is 0. The molecule has 0 aliphatic carbocycles. The number of halogens is 2. The third-order valence-corrected chi connectivity index (χ3v) is 4.01. The lowest BCUT2D eigenvalue weighted by molar-refractivity contribution is 0.898. The Morgan fingerprint density at radius 3 is 2.56 bits per heavy atom. The van der Waals surface area contributed by atoms with Crippen LogP contribution in [0.3, 0.4) is 0 Å². The second kappa shape index (κ2) is 4.51. The molecule has 0 aliphatic heterocycles. The smallest absolute Gasteiger partial charge is 0.169 e. The van der Waals surface area contributed by atoms with Gasteiger partial charge >= 0.3 is 0 Å². The van der Waals surface area contributed by atoms with Gasteiger partial charge in [0.15, 0.2) is 5.65 Å². The van der Waals surface area contributed by atoms with Crippen LogP contribution in [-0.4, -0.2) is 14.6 Å². The standard InChI is InChI=1S/C13H9ClIN3/c1-8-6-7-16-13-11(15)12(17-18(8)13)9-2-4-10(14)5-3-9/h2-7H,1H3. The van der Waals surface area contributed by atoms with Gasteiger partial charge in [0, 0.05) is 22.5 Å². The largest absolute Gasteiger partial charge is 0.236 e. The van der Waals surface area contributed by atoms with Gasteiger partial charge in [0.05, 0.1) is 3.57 Å². The summed E-state index contributed by atoms with van der Waals surface area (Å²) < 4.78 is 2.92. The number of aryl methyl sites for hydroxylation is 1. The van der Waals surface area contributed by atoms with Crippen LogP contribution in [0.1, 0.15) is 5.69 Å². The minimum Gasteiger partial charge on any atom is -0.236 e. The van der Waals surface area contributed by atoms with E-state index in [1.165, 1.54) is 0 Å². The van der Waals surface area contributed by atoms with Gasteiger partial charge < -0.3 is 0 Å². The van der Waals surface area contributed by atoms with Crippen LogP contribution < -0.4 is 0 Å². The highest BCUT2D eigenvalue weighted by Crippen LogP contribution is 2.27. The number of benzene rings is 1. The zero-order chi connectivity index (χ0) is 12.7. The number of hydrogen-bond acceptors (Lipinski definition) is 2. The predicted octanol–water partition coefficient (Wildman–Crippen LogP) is 3.96. The highest BCUT2D eigenvalue weighted by atomic mass is 127. The van der Waals surface area contributed by atoms with E-state index in [0.717, 1.165) is 31.2 Å². The maximum absolute atomic E-state index is 5.90. The maximum Gasteiger partial charge on any atom is 0.169 e. The average molecular weight is 370 g/mol. The second-order valence-corrected chi connectivity index (χ2v) is 5.51. The van der Waals surface area contributed by atoms with E-state index in [-0.39, 0.29) is 0 Å². The summed E-state index contributed by atoms with van der Waals surface area (Å²) in [5.41, 5.74) is 3.95. The molecule has 3 rings (SSSR count). The van der Waals surface area contributed by atoms with Crippen molar-refractivity contribution in [2.75, 3.05) is 0 Å². The van der Waals surface area contributed by atoms with Crippen LogP contribution in [0.15, 0.2) is 36.5 Å². The molecule has 90 valence electrons. The van der Waals surface area contributed by atoms with Gasteiger partial charge in [-0.3, -0.25) is 0 Å². The van der Waals surface area contributed by atoms with Gasteiger partial charge in [0.2, 0.25) is 0 Å². The van der Waals surface area contributed by atoms with Crippen LogP contribution in [0.4, 0.5) is 0 Å². The average Bonchev–Trinajstić information content (AvgIpc) is 2.70. The lowest BCUT2D eigenvalue weighted by Crippen LogP contribution is -1.94. The third kappa shape index (κ3) is 1.89. The molecule has 0 aliphatic rings. The lowest BCUT2D eigenvalue weighted by Gasteiger charge is -1.97. The Balaban J connectivity index is 2.27. The van der Waals surface area contributed by atoms with E-state index >= 15 is 0 Å².